The van der Waals surface area contributed by atoms with E-state index in [4.69, 9.17) is 21.4 Å². The minimum absolute atomic E-state index is 0.127. The Hall–Kier alpha value is -2.33. The van der Waals surface area contributed by atoms with E-state index in [1.165, 1.54) is 0 Å². The third-order valence-corrected chi connectivity index (χ3v) is 4.57. The maximum Gasteiger partial charge on any atom is 0.306 e. The molecule has 3 rings (SSSR count). The molecule has 1 fully saturated rings. The predicted octanol–water partition coefficient (Wildman–Crippen LogP) is 4.20. The van der Waals surface area contributed by atoms with Crippen LogP contribution in [0.15, 0.2) is 48.5 Å². The highest BCUT2D eigenvalue weighted by Crippen LogP contribution is 2.31. The van der Waals surface area contributed by atoms with Gasteiger partial charge in [-0.25, -0.2) is 0 Å². The first-order chi connectivity index (χ1) is 11.5. The molecule has 0 spiro atoms. The van der Waals surface area contributed by atoms with Gasteiger partial charge in [0.25, 0.3) is 0 Å². The number of halogens is 1. The first-order valence-corrected chi connectivity index (χ1v) is 8.21. The first-order valence-electron chi connectivity index (χ1n) is 7.83. The van der Waals surface area contributed by atoms with Crippen LogP contribution >= 0.6 is 11.6 Å². The van der Waals surface area contributed by atoms with Crippen LogP contribution in [0, 0.1) is 5.92 Å². The summed E-state index contributed by atoms with van der Waals surface area (Å²) in [7, 11) is 0. The second kappa shape index (κ2) is 7.05. The molecular formula is C19H17ClO4. The minimum Gasteiger partial charge on any atom is -0.490 e. The van der Waals surface area contributed by atoms with Crippen molar-refractivity contribution in [2.24, 2.45) is 5.92 Å². The van der Waals surface area contributed by atoms with Gasteiger partial charge >= 0.3 is 5.97 Å². The maximum absolute atomic E-state index is 12.5. The van der Waals surface area contributed by atoms with Crippen LogP contribution in [0.25, 0.3) is 0 Å². The van der Waals surface area contributed by atoms with Crippen molar-refractivity contribution in [2.75, 3.05) is 0 Å². The number of carboxylic acids is 1. The summed E-state index contributed by atoms with van der Waals surface area (Å²) in [6.07, 6.45) is 1.70. The van der Waals surface area contributed by atoms with Crippen molar-refractivity contribution in [2.45, 2.75) is 25.4 Å². The second-order valence-electron chi connectivity index (χ2n) is 5.92. The van der Waals surface area contributed by atoms with Crippen LogP contribution in [0.4, 0.5) is 0 Å². The summed E-state index contributed by atoms with van der Waals surface area (Å²) in [5.41, 5.74) is 0.998. The Labute approximate surface area is 145 Å². The van der Waals surface area contributed by atoms with Crippen LogP contribution in [0.3, 0.4) is 0 Å². The smallest absolute Gasteiger partial charge is 0.306 e. The van der Waals surface area contributed by atoms with Crippen molar-refractivity contribution in [3.8, 4) is 5.75 Å². The Morgan fingerprint density at radius 3 is 2.46 bits per heavy atom. The van der Waals surface area contributed by atoms with E-state index in [1.54, 1.807) is 42.5 Å². The van der Waals surface area contributed by atoms with Gasteiger partial charge < -0.3 is 9.84 Å². The van der Waals surface area contributed by atoms with Gasteiger partial charge in [-0.1, -0.05) is 41.9 Å². The van der Waals surface area contributed by atoms with Crippen molar-refractivity contribution in [3.63, 3.8) is 0 Å². The summed E-state index contributed by atoms with van der Waals surface area (Å²) in [6, 6.07) is 13.9. The van der Waals surface area contributed by atoms with Crippen LogP contribution in [-0.2, 0) is 4.79 Å². The van der Waals surface area contributed by atoms with E-state index in [0.717, 1.165) is 0 Å². The molecular weight excluding hydrogens is 328 g/mol. The minimum atomic E-state index is -0.775. The van der Waals surface area contributed by atoms with Crippen molar-refractivity contribution >= 4 is 23.4 Å². The van der Waals surface area contributed by atoms with E-state index in [9.17, 15) is 9.59 Å². The summed E-state index contributed by atoms with van der Waals surface area (Å²) in [6.45, 7) is 0. The zero-order chi connectivity index (χ0) is 17.1. The molecule has 0 heterocycles. The number of benzene rings is 2. The number of carbonyl (C=O) groups is 2. The quantitative estimate of drug-likeness (QED) is 0.825. The van der Waals surface area contributed by atoms with Crippen LogP contribution in [0.1, 0.15) is 35.2 Å². The molecule has 1 aliphatic carbocycles. The molecule has 2 aromatic rings. The van der Waals surface area contributed by atoms with E-state index in [-0.39, 0.29) is 17.8 Å². The number of ketones is 1. The number of ether oxygens (including phenoxy) is 1. The lowest BCUT2D eigenvalue weighted by molar-refractivity contribution is -0.141. The van der Waals surface area contributed by atoms with E-state index >= 15 is 0 Å². The molecule has 5 heteroatoms. The number of hydrogen-bond donors (Lipinski definition) is 1. The number of carboxylic acid groups (broad SMARTS) is 1. The van der Waals surface area contributed by atoms with Crippen molar-refractivity contribution < 1.29 is 19.4 Å². The van der Waals surface area contributed by atoms with Crippen LogP contribution in [0.2, 0.25) is 5.02 Å². The lowest BCUT2D eigenvalue weighted by atomic mass is 10.0. The summed E-state index contributed by atoms with van der Waals surface area (Å²) in [5, 5.41) is 9.36. The summed E-state index contributed by atoms with van der Waals surface area (Å²) in [5.74, 6) is -0.702. The SMILES string of the molecule is O=C(c1ccccc1)c1ccc(O[C@H]2CC[C@H](C(=O)O)C2)cc1Cl. The molecule has 0 aliphatic heterocycles. The molecule has 2 atom stereocenters. The molecule has 1 aliphatic rings. The van der Waals surface area contributed by atoms with Gasteiger partial charge in [-0.15, -0.1) is 0 Å². The monoisotopic (exact) mass is 344 g/mol. The third-order valence-electron chi connectivity index (χ3n) is 4.26. The Morgan fingerprint density at radius 2 is 1.83 bits per heavy atom. The average molecular weight is 345 g/mol. The molecule has 4 nitrogen and oxygen atoms in total. The van der Waals surface area contributed by atoms with E-state index in [2.05, 4.69) is 0 Å². The maximum atomic E-state index is 12.5. The van der Waals surface area contributed by atoms with E-state index in [0.29, 0.717) is 41.2 Å². The molecule has 0 saturated heterocycles. The molecule has 0 aromatic heterocycles. The molecule has 0 unspecified atom stereocenters. The van der Waals surface area contributed by atoms with Crippen LogP contribution in [0.5, 0.6) is 5.75 Å². The lowest BCUT2D eigenvalue weighted by Crippen LogP contribution is -2.15. The summed E-state index contributed by atoms with van der Waals surface area (Å²) < 4.78 is 5.82. The van der Waals surface area contributed by atoms with Gasteiger partial charge in [-0.2, -0.15) is 0 Å². The predicted molar refractivity (Wildman–Crippen MR) is 90.7 cm³/mol. The second-order valence-corrected chi connectivity index (χ2v) is 6.33. The van der Waals surface area contributed by atoms with Gasteiger partial charge in [0.15, 0.2) is 5.78 Å². The molecule has 2 aromatic carbocycles. The number of aliphatic carboxylic acids is 1. The van der Waals surface area contributed by atoms with Crippen LogP contribution < -0.4 is 4.74 Å². The third kappa shape index (κ3) is 3.60. The van der Waals surface area contributed by atoms with Crippen LogP contribution in [-0.4, -0.2) is 23.0 Å². The van der Waals surface area contributed by atoms with E-state index < -0.39 is 5.97 Å². The fourth-order valence-corrected chi connectivity index (χ4v) is 3.22. The van der Waals surface area contributed by atoms with Crippen molar-refractivity contribution in [1.29, 1.82) is 0 Å². The molecule has 0 bridgehead atoms. The Kier molecular flexibility index (Phi) is 4.86. The fourth-order valence-electron chi connectivity index (χ4n) is 2.96. The van der Waals surface area contributed by atoms with Crippen molar-refractivity contribution in [3.05, 3.63) is 64.7 Å². The Balaban J connectivity index is 1.71. The van der Waals surface area contributed by atoms with Gasteiger partial charge in [-0.05, 0) is 37.5 Å². The van der Waals surface area contributed by atoms with Gasteiger partial charge in [-0.3, -0.25) is 9.59 Å². The van der Waals surface area contributed by atoms with Gasteiger partial charge in [0.2, 0.25) is 0 Å². The molecule has 1 saturated carbocycles. The van der Waals surface area contributed by atoms with Crippen molar-refractivity contribution in [1.82, 2.24) is 0 Å². The Morgan fingerprint density at radius 1 is 1.08 bits per heavy atom. The standard InChI is InChI=1S/C19H17ClO4/c20-17-11-15(24-14-7-6-13(10-14)19(22)23)8-9-16(17)18(21)12-4-2-1-3-5-12/h1-5,8-9,11,13-14H,6-7,10H2,(H,22,23)/t13-,14-/m0/s1. The van der Waals surface area contributed by atoms with Gasteiger partial charge in [0.1, 0.15) is 5.75 Å². The zero-order valence-electron chi connectivity index (χ0n) is 12.9. The average Bonchev–Trinajstić information content (AvgIpc) is 3.04. The van der Waals surface area contributed by atoms with Gasteiger partial charge in [0.05, 0.1) is 17.0 Å². The molecule has 0 radical (unpaired) electrons. The number of hydrogen-bond acceptors (Lipinski definition) is 3. The van der Waals surface area contributed by atoms with Gasteiger partial charge in [0, 0.05) is 11.1 Å². The van der Waals surface area contributed by atoms with E-state index in [1.807, 2.05) is 6.07 Å². The highest BCUT2D eigenvalue weighted by atomic mass is 35.5. The Bertz CT molecular complexity index is 757. The first kappa shape index (κ1) is 16.5. The fraction of sp³-hybridized carbons (Fsp3) is 0.263. The summed E-state index contributed by atoms with van der Waals surface area (Å²) >= 11 is 6.24. The molecule has 0 amide bonds. The largest absolute Gasteiger partial charge is 0.490 e. The number of carbonyl (C=O) groups excluding carboxylic acids is 1. The topological polar surface area (TPSA) is 63.6 Å². The number of rotatable bonds is 5. The highest BCUT2D eigenvalue weighted by Gasteiger charge is 2.31. The zero-order valence-corrected chi connectivity index (χ0v) is 13.7. The molecule has 124 valence electrons. The molecule has 24 heavy (non-hydrogen) atoms. The molecule has 1 N–H and O–H groups in total. The highest BCUT2D eigenvalue weighted by molar-refractivity contribution is 6.35. The normalized spacial score (nSPS) is 19.9. The summed E-state index contributed by atoms with van der Waals surface area (Å²) in [4.78, 5) is 23.4. The lowest BCUT2D eigenvalue weighted by Gasteiger charge is -2.14.